The molecule has 3 rings (SSSR count). The first kappa shape index (κ1) is 13.1. The Balaban J connectivity index is 1.72. The number of rotatable bonds is 6. The number of carboxylic acid groups (broad SMARTS) is 1. The zero-order valence-corrected chi connectivity index (χ0v) is 11.5. The highest BCUT2D eigenvalue weighted by Gasteiger charge is 2.36. The first-order chi connectivity index (χ1) is 9.56. The van der Waals surface area contributed by atoms with Gasteiger partial charge in [0.1, 0.15) is 5.69 Å². The number of aromatic nitrogens is 2. The fourth-order valence-electron chi connectivity index (χ4n) is 2.35. The number of carbonyl (C=O) groups is 2. The van der Waals surface area contributed by atoms with Gasteiger partial charge in [-0.3, -0.25) is 14.7 Å². The topological polar surface area (TPSA) is 86.3 Å². The molecule has 1 unspecified atom stereocenters. The van der Waals surface area contributed by atoms with Crippen LogP contribution in [0.2, 0.25) is 0 Å². The van der Waals surface area contributed by atoms with E-state index >= 15 is 0 Å². The summed E-state index contributed by atoms with van der Waals surface area (Å²) < 4.78 is 0. The maximum absolute atomic E-state index is 12.5. The molecule has 2 aliphatic carbocycles. The van der Waals surface area contributed by atoms with Crippen molar-refractivity contribution < 1.29 is 14.7 Å². The van der Waals surface area contributed by atoms with E-state index in [1.807, 2.05) is 6.07 Å². The number of hydrogen-bond acceptors (Lipinski definition) is 3. The fraction of sp³-hybridized carbons (Fsp3) is 0.643. The number of hydrogen-bond donors (Lipinski definition) is 2. The van der Waals surface area contributed by atoms with Crippen molar-refractivity contribution in [3.63, 3.8) is 0 Å². The largest absolute Gasteiger partial charge is 0.481 e. The van der Waals surface area contributed by atoms with E-state index in [-0.39, 0.29) is 18.5 Å². The molecule has 2 saturated carbocycles. The van der Waals surface area contributed by atoms with Crippen LogP contribution >= 0.6 is 0 Å². The summed E-state index contributed by atoms with van der Waals surface area (Å²) in [6.45, 7) is 1.88. The van der Waals surface area contributed by atoms with Crippen molar-refractivity contribution in [3.8, 4) is 0 Å². The second-order valence-corrected chi connectivity index (χ2v) is 5.91. The summed E-state index contributed by atoms with van der Waals surface area (Å²) in [5.74, 6) is -1.05. The minimum Gasteiger partial charge on any atom is -0.481 e. The average molecular weight is 277 g/mol. The Morgan fingerprint density at radius 3 is 2.70 bits per heavy atom. The van der Waals surface area contributed by atoms with Crippen LogP contribution in [0, 0.1) is 5.92 Å². The van der Waals surface area contributed by atoms with E-state index < -0.39 is 11.9 Å². The molecule has 2 aliphatic rings. The van der Waals surface area contributed by atoms with E-state index in [0.717, 1.165) is 31.4 Å². The van der Waals surface area contributed by atoms with E-state index in [1.54, 1.807) is 11.8 Å². The number of carboxylic acids is 1. The van der Waals surface area contributed by atoms with Crippen molar-refractivity contribution in [2.45, 2.75) is 44.6 Å². The zero-order valence-electron chi connectivity index (χ0n) is 11.5. The van der Waals surface area contributed by atoms with Gasteiger partial charge < -0.3 is 10.0 Å². The Morgan fingerprint density at radius 1 is 1.45 bits per heavy atom. The molecule has 0 saturated heterocycles. The van der Waals surface area contributed by atoms with Crippen LogP contribution in [-0.2, 0) is 4.79 Å². The van der Waals surface area contributed by atoms with Gasteiger partial charge in [-0.25, -0.2) is 0 Å². The number of carbonyl (C=O) groups excluding carboxylic acids is 1. The minimum atomic E-state index is -0.871. The molecule has 0 aliphatic heterocycles. The average Bonchev–Trinajstić information content (AvgIpc) is 3.34. The number of aromatic amines is 1. The van der Waals surface area contributed by atoms with Crippen LogP contribution in [0.25, 0.3) is 0 Å². The highest BCUT2D eigenvalue weighted by Crippen LogP contribution is 2.39. The summed E-state index contributed by atoms with van der Waals surface area (Å²) >= 11 is 0. The van der Waals surface area contributed by atoms with Crippen LogP contribution in [0.3, 0.4) is 0 Å². The molecule has 0 aromatic carbocycles. The molecule has 1 amide bonds. The summed E-state index contributed by atoms with van der Waals surface area (Å²) in [6, 6.07) is 2.01. The summed E-state index contributed by atoms with van der Waals surface area (Å²) in [7, 11) is 0. The van der Waals surface area contributed by atoms with Gasteiger partial charge in [0.15, 0.2) is 0 Å². The van der Waals surface area contributed by atoms with Crippen molar-refractivity contribution >= 4 is 11.9 Å². The lowest BCUT2D eigenvalue weighted by Crippen LogP contribution is -2.38. The van der Waals surface area contributed by atoms with Gasteiger partial charge in [-0.1, -0.05) is 6.92 Å². The molecule has 6 nitrogen and oxygen atoms in total. The van der Waals surface area contributed by atoms with Crippen LogP contribution in [0.15, 0.2) is 6.07 Å². The lowest BCUT2D eigenvalue weighted by molar-refractivity contribution is -0.141. The standard InChI is InChI=1S/C14H19N3O3/c1-8(14(19)20)7-17(10-4-5-10)13(18)12-6-11(15-16-12)9-2-3-9/h6,8-10H,2-5,7H2,1H3,(H,15,16)(H,19,20). The molecule has 108 valence electrons. The Kier molecular flexibility index (Phi) is 3.23. The Morgan fingerprint density at radius 2 is 2.15 bits per heavy atom. The van der Waals surface area contributed by atoms with Crippen LogP contribution in [0.1, 0.15) is 54.7 Å². The van der Waals surface area contributed by atoms with Gasteiger partial charge >= 0.3 is 5.97 Å². The second kappa shape index (κ2) is 4.92. The number of nitrogens with zero attached hydrogens (tertiary/aromatic N) is 2. The normalized spacial score (nSPS) is 19.6. The van der Waals surface area contributed by atoms with Gasteiger partial charge in [0.25, 0.3) is 5.91 Å². The van der Waals surface area contributed by atoms with E-state index in [2.05, 4.69) is 10.2 Å². The monoisotopic (exact) mass is 277 g/mol. The number of nitrogens with one attached hydrogen (secondary N) is 1. The molecule has 1 atom stereocenters. The zero-order chi connectivity index (χ0) is 14.3. The lowest BCUT2D eigenvalue weighted by Gasteiger charge is -2.23. The minimum absolute atomic E-state index is 0.149. The molecule has 2 N–H and O–H groups in total. The maximum Gasteiger partial charge on any atom is 0.308 e. The summed E-state index contributed by atoms with van der Waals surface area (Å²) in [6.07, 6.45) is 4.21. The molecule has 6 heteroatoms. The quantitative estimate of drug-likeness (QED) is 0.827. The van der Waals surface area contributed by atoms with Crippen molar-refractivity contribution in [1.82, 2.24) is 15.1 Å². The molecule has 20 heavy (non-hydrogen) atoms. The van der Waals surface area contributed by atoms with Crippen molar-refractivity contribution in [2.24, 2.45) is 5.92 Å². The van der Waals surface area contributed by atoms with E-state index in [0.29, 0.717) is 11.6 Å². The highest BCUT2D eigenvalue weighted by molar-refractivity contribution is 5.93. The molecule has 0 spiro atoms. The molecule has 0 radical (unpaired) electrons. The van der Waals surface area contributed by atoms with Gasteiger partial charge in [0.05, 0.1) is 5.92 Å². The molecule has 1 aromatic heterocycles. The molecule has 1 aromatic rings. The second-order valence-electron chi connectivity index (χ2n) is 5.91. The highest BCUT2D eigenvalue weighted by atomic mass is 16.4. The maximum atomic E-state index is 12.5. The van der Waals surface area contributed by atoms with Crippen LogP contribution in [0.5, 0.6) is 0 Å². The molecule has 1 heterocycles. The Labute approximate surface area is 117 Å². The molecular weight excluding hydrogens is 258 g/mol. The van der Waals surface area contributed by atoms with Gasteiger partial charge in [-0.15, -0.1) is 0 Å². The van der Waals surface area contributed by atoms with Crippen molar-refractivity contribution in [1.29, 1.82) is 0 Å². The third-order valence-electron chi connectivity index (χ3n) is 3.97. The van der Waals surface area contributed by atoms with Gasteiger partial charge in [0.2, 0.25) is 0 Å². The lowest BCUT2D eigenvalue weighted by atomic mass is 10.1. The predicted octanol–water partition coefficient (Wildman–Crippen LogP) is 1.61. The van der Waals surface area contributed by atoms with Crippen LogP contribution < -0.4 is 0 Å². The van der Waals surface area contributed by atoms with E-state index in [1.165, 1.54) is 0 Å². The first-order valence-corrected chi connectivity index (χ1v) is 7.15. The first-order valence-electron chi connectivity index (χ1n) is 7.15. The Hall–Kier alpha value is -1.85. The number of H-pyrrole nitrogens is 1. The summed E-state index contributed by atoms with van der Waals surface area (Å²) in [5.41, 5.74) is 1.44. The fourth-order valence-corrected chi connectivity index (χ4v) is 2.35. The van der Waals surface area contributed by atoms with Crippen LogP contribution in [0.4, 0.5) is 0 Å². The van der Waals surface area contributed by atoms with Gasteiger partial charge in [0, 0.05) is 24.2 Å². The molecular formula is C14H19N3O3. The summed E-state index contributed by atoms with van der Waals surface area (Å²) in [5, 5.41) is 16.0. The predicted molar refractivity (Wildman–Crippen MR) is 71.4 cm³/mol. The van der Waals surface area contributed by atoms with Crippen molar-refractivity contribution in [2.75, 3.05) is 6.54 Å². The SMILES string of the molecule is CC(CN(C(=O)c1cc(C2CC2)[nH]n1)C1CC1)C(=O)O. The summed E-state index contributed by atoms with van der Waals surface area (Å²) in [4.78, 5) is 25.1. The molecule has 2 fully saturated rings. The van der Waals surface area contributed by atoms with Gasteiger partial charge in [-0.05, 0) is 31.7 Å². The Bertz CT molecular complexity index is 532. The van der Waals surface area contributed by atoms with Gasteiger partial charge in [-0.2, -0.15) is 5.10 Å². The third-order valence-corrected chi connectivity index (χ3v) is 3.97. The number of amides is 1. The number of aliphatic carboxylic acids is 1. The smallest absolute Gasteiger partial charge is 0.308 e. The van der Waals surface area contributed by atoms with Crippen LogP contribution in [-0.4, -0.2) is 44.7 Å². The van der Waals surface area contributed by atoms with E-state index in [9.17, 15) is 9.59 Å². The van der Waals surface area contributed by atoms with Crippen molar-refractivity contribution in [3.05, 3.63) is 17.5 Å². The third kappa shape index (κ3) is 2.69. The van der Waals surface area contributed by atoms with E-state index in [4.69, 9.17) is 5.11 Å². The molecule has 0 bridgehead atoms.